The molecule has 9 heteroatoms. The lowest BCUT2D eigenvalue weighted by molar-refractivity contribution is 0.0390. The third kappa shape index (κ3) is 8.59. The average molecular weight is 520 g/mol. The van der Waals surface area contributed by atoms with Gasteiger partial charge in [0.2, 0.25) is 0 Å². The molecule has 4 N–H and O–H groups in total. The Bertz CT molecular complexity index is 1040. The minimum Gasteiger partial charge on any atom is -0.394 e. The van der Waals surface area contributed by atoms with E-state index in [1.807, 2.05) is 13.8 Å². The Morgan fingerprint density at radius 2 is 1.49 bits per heavy atom. The van der Waals surface area contributed by atoms with E-state index >= 15 is 0 Å². The number of hydrogen-bond donors (Lipinski definition) is 3. The van der Waals surface area contributed by atoms with E-state index < -0.39 is 35.7 Å². The van der Waals surface area contributed by atoms with Gasteiger partial charge in [-0.1, -0.05) is 13.8 Å². The third-order valence-corrected chi connectivity index (χ3v) is 6.17. The summed E-state index contributed by atoms with van der Waals surface area (Å²) in [5.41, 5.74) is 7.77. The minimum atomic E-state index is -1.24. The molecule has 0 heterocycles. The zero-order valence-corrected chi connectivity index (χ0v) is 22.1. The van der Waals surface area contributed by atoms with Gasteiger partial charge in [-0.25, -0.2) is 8.78 Å². The van der Waals surface area contributed by atoms with Crippen molar-refractivity contribution in [2.24, 2.45) is 5.73 Å². The summed E-state index contributed by atoms with van der Waals surface area (Å²) in [6.07, 6.45) is 0.371. The lowest BCUT2D eigenvalue weighted by atomic mass is 10.00. The molecule has 7 nitrogen and oxygen atoms in total. The number of hydrogen-bond acceptors (Lipinski definition) is 5. The van der Waals surface area contributed by atoms with Gasteiger partial charge in [-0.15, -0.1) is 0 Å². The predicted octanol–water partition coefficient (Wildman–Crippen LogP) is 3.29. The Labute approximate surface area is 217 Å². The first-order chi connectivity index (χ1) is 17.5. The molecule has 0 aromatic heterocycles. The van der Waals surface area contributed by atoms with Crippen molar-refractivity contribution in [1.29, 1.82) is 0 Å². The van der Waals surface area contributed by atoms with E-state index in [0.717, 1.165) is 36.6 Å². The quantitative estimate of drug-likeness (QED) is 0.377. The van der Waals surface area contributed by atoms with Crippen LogP contribution in [0.25, 0.3) is 0 Å². The van der Waals surface area contributed by atoms with Crippen LogP contribution < -0.4 is 5.73 Å². The highest BCUT2D eigenvalue weighted by Gasteiger charge is 2.28. The molecule has 0 aliphatic rings. The molecule has 3 atom stereocenters. The SMILES string of the molecule is CCCN(CCC)C(=O)c1cc(C)cc(C(=O)N(C[C@@H](O)[C@@H](N)Cc2cc(F)cc(F)c2)[C@H](C)CO)c1. The van der Waals surface area contributed by atoms with Crippen LogP contribution in [-0.2, 0) is 6.42 Å². The molecule has 37 heavy (non-hydrogen) atoms. The number of nitrogens with two attached hydrogens (primary N) is 1. The van der Waals surface area contributed by atoms with Crippen molar-refractivity contribution in [2.75, 3.05) is 26.2 Å². The van der Waals surface area contributed by atoms with Gasteiger partial charge in [-0.3, -0.25) is 9.59 Å². The lowest BCUT2D eigenvalue weighted by Crippen LogP contribution is -2.50. The summed E-state index contributed by atoms with van der Waals surface area (Å²) in [5.74, 6) is -2.13. The Balaban J connectivity index is 2.27. The maximum Gasteiger partial charge on any atom is 0.254 e. The van der Waals surface area contributed by atoms with Crippen molar-refractivity contribution in [2.45, 2.75) is 65.1 Å². The zero-order chi connectivity index (χ0) is 27.7. The van der Waals surface area contributed by atoms with Gasteiger partial charge in [0, 0.05) is 42.9 Å². The van der Waals surface area contributed by atoms with E-state index in [9.17, 15) is 28.6 Å². The van der Waals surface area contributed by atoms with Crippen molar-refractivity contribution in [3.63, 3.8) is 0 Å². The van der Waals surface area contributed by atoms with Crippen molar-refractivity contribution in [3.8, 4) is 0 Å². The number of carbonyl (C=O) groups excluding carboxylic acids is 2. The maximum atomic E-state index is 13.5. The molecule has 0 saturated carbocycles. The summed E-state index contributed by atoms with van der Waals surface area (Å²) >= 11 is 0. The first-order valence-corrected chi connectivity index (χ1v) is 12.7. The van der Waals surface area contributed by atoms with Crippen LogP contribution in [0.15, 0.2) is 36.4 Å². The van der Waals surface area contributed by atoms with E-state index in [-0.39, 0.29) is 36.6 Å². The molecule has 2 aromatic rings. The summed E-state index contributed by atoms with van der Waals surface area (Å²) in [6.45, 7) is 8.06. The molecular weight excluding hydrogens is 480 g/mol. The van der Waals surface area contributed by atoms with Gasteiger partial charge in [-0.2, -0.15) is 0 Å². The van der Waals surface area contributed by atoms with Gasteiger partial charge in [0.15, 0.2) is 0 Å². The van der Waals surface area contributed by atoms with Crippen LogP contribution in [0.1, 0.15) is 65.5 Å². The maximum absolute atomic E-state index is 13.5. The molecule has 2 amide bonds. The first kappa shape index (κ1) is 30.3. The van der Waals surface area contributed by atoms with Gasteiger partial charge in [0.1, 0.15) is 11.6 Å². The highest BCUT2D eigenvalue weighted by molar-refractivity contribution is 6.00. The summed E-state index contributed by atoms with van der Waals surface area (Å²) in [7, 11) is 0. The summed E-state index contributed by atoms with van der Waals surface area (Å²) in [5, 5.41) is 20.6. The predicted molar refractivity (Wildman–Crippen MR) is 139 cm³/mol. The molecular formula is C28H39F2N3O4. The van der Waals surface area contributed by atoms with E-state index in [1.165, 1.54) is 11.0 Å². The molecule has 0 aliphatic carbocycles. The fourth-order valence-corrected chi connectivity index (χ4v) is 4.27. The van der Waals surface area contributed by atoms with Gasteiger partial charge < -0.3 is 25.7 Å². The van der Waals surface area contributed by atoms with Crippen molar-refractivity contribution in [1.82, 2.24) is 9.80 Å². The minimum absolute atomic E-state index is 0.0147. The van der Waals surface area contributed by atoms with Gasteiger partial charge in [0.05, 0.1) is 18.8 Å². The number of amides is 2. The van der Waals surface area contributed by atoms with Crippen LogP contribution in [0.3, 0.4) is 0 Å². The van der Waals surface area contributed by atoms with Crippen molar-refractivity contribution >= 4 is 11.8 Å². The average Bonchev–Trinajstić information content (AvgIpc) is 2.84. The van der Waals surface area contributed by atoms with E-state index in [1.54, 1.807) is 30.9 Å². The second-order valence-corrected chi connectivity index (χ2v) is 9.58. The largest absolute Gasteiger partial charge is 0.394 e. The molecule has 0 aliphatic heterocycles. The van der Waals surface area contributed by atoms with Crippen LogP contribution in [0, 0.1) is 18.6 Å². The number of nitrogens with zero attached hydrogens (tertiary/aromatic N) is 2. The number of carbonyl (C=O) groups is 2. The second kappa shape index (κ2) is 14.2. The number of rotatable bonds is 13. The molecule has 0 saturated heterocycles. The summed E-state index contributed by atoms with van der Waals surface area (Å²) < 4.78 is 27.1. The zero-order valence-electron chi connectivity index (χ0n) is 22.1. The van der Waals surface area contributed by atoms with Gasteiger partial charge in [0.25, 0.3) is 11.8 Å². The molecule has 2 aromatic carbocycles. The first-order valence-electron chi connectivity index (χ1n) is 12.7. The van der Waals surface area contributed by atoms with Crippen LogP contribution >= 0.6 is 0 Å². The Morgan fingerprint density at radius 3 is 2.00 bits per heavy atom. The molecule has 0 unspecified atom stereocenters. The van der Waals surface area contributed by atoms with Crippen molar-refractivity contribution in [3.05, 3.63) is 70.3 Å². The highest BCUT2D eigenvalue weighted by atomic mass is 19.1. The van der Waals surface area contributed by atoms with Crippen LogP contribution in [-0.4, -0.2) is 76.3 Å². The number of aliphatic hydroxyl groups is 2. The molecule has 2 rings (SSSR count). The fraction of sp³-hybridized carbons (Fsp3) is 0.500. The standard InChI is InChI=1S/C28H39F2N3O4/c1-5-7-32(8-6-2)27(36)21-9-18(3)10-22(14-21)28(37)33(19(4)17-34)16-26(35)25(31)13-20-11-23(29)15-24(30)12-20/h9-12,14-15,19,25-26,34-35H,5-8,13,16-17,31H2,1-4H3/t19-,25+,26-/m1/s1. The van der Waals surface area contributed by atoms with E-state index in [0.29, 0.717) is 18.7 Å². The van der Waals surface area contributed by atoms with Gasteiger partial charge >= 0.3 is 0 Å². The van der Waals surface area contributed by atoms with Crippen LogP contribution in [0.4, 0.5) is 8.78 Å². The molecule has 204 valence electrons. The fourth-order valence-electron chi connectivity index (χ4n) is 4.27. The molecule has 0 radical (unpaired) electrons. The van der Waals surface area contributed by atoms with Crippen LogP contribution in [0.5, 0.6) is 0 Å². The second-order valence-electron chi connectivity index (χ2n) is 9.58. The normalized spacial score (nSPS) is 13.6. The topological polar surface area (TPSA) is 107 Å². The monoisotopic (exact) mass is 519 g/mol. The van der Waals surface area contributed by atoms with Crippen molar-refractivity contribution < 1.29 is 28.6 Å². The Hall–Kier alpha value is -2.88. The molecule has 0 fully saturated rings. The molecule has 0 bridgehead atoms. The molecule has 0 spiro atoms. The van der Waals surface area contributed by atoms with Gasteiger partial charge in [-0.05, 0) is 74.6 Å². The third-order valence-electron chi connectivity index (χ3n) is 6.17. The van der Waals surface area contributed by atoms with Crippen LogP contribution in [0.2, 0.25) is 0 Å². The number of halogens is 2. The smallest absolute Gasteiger partial charge is 0.254 e. The van der Waals surface area contributed by atoms with E-state index in [4.69, 9.17) is 5.73 Å². The summed E-state index contributed by atoms with van der Waals surface area (Å²) in [6, 6.07) is 6.38. The summed E-state index contributed by atoms with van der Waals surface area (Å²) in [4.78, 5) is 29.7. The lowest BCUT2D eigenvalue weighted by Gasteiger charge is -2.32. The number of aryl methyl sites for hydroxylation is 1. The van der Waals surface area contributed by atoms with E-state index in [2.05, 4.69) is 0 Å². The Morgan fingerprint density at radius 1 is 0.946 bits per heavy atom. The Kier molecular flexibility index (Phi) is 11.6. The number of benzene rings is 2. The number of aliphatic hydroxyl groups excluding tert-OH is 2. The highest BCUT2D eigenvalue weighted by Crippen LogP contribution is 2.18.